The van der Waals surface area contributed by atoms with Crippen molar-refractivity contribution in [1.82, 2.24) is 0 Å². The molecule has 0 saturated heterocycles. The minimum Gasteiger partial charge on any atom is -0.389 e. The average molecular weight is 383 g/mol. The highest BCUT2D eigenvalue weighted by Crippen LogP contribution is 2.57. The zero-order valence-electron chi connectivity index (χ0n) is 17.4. The topological polar surface area (TPSA) is 40.5 Å². The average Bonchev–Trinajstić information content (AvgIpc) is 3.46. The summed E-state index contributed by atoms with van der Waals surface area (Å²) in [6.45, 7) is 4.13. The van der Waals surface area contributed by atoms with Crippen LogP contribution in [0, 0.1) is 17.3 Å². The van der Waals surface area contributed by atoms with Gasteiger partial charge < -0.3 is 10.2 Å². The van der Waals surface area contributed by atoms with Gasteiger partial charge in [-0.15, -0.1) is 0 Å². The van der Waals surface area contributed by atoms with Crippen molar-refractivity contribution < 1.29 is 10.2 Å². The molecule has 0 radical (unpaired) electrons. The summed E-state index contributed by atoms with van der Waals surface area (Å²) >= 11 is 0. The Kier molecular flexibility index (Phi) is 6.27. The Balaban J connectivity index is 1.41. The molecule has 2 heteroatoms. The second kappa shape index (κ2) is 8.71. The molecule has 28 heavy (non-hydrogen) atoms. The summed E-state index contributed by atoms with van der Waals surface area (Å²) in [6.07, 6.45) is 24.2. The summed E-state index contributed by atoms with van der Waals surface area (Å²) in [5, 5.41) is 20.1. The van der Waals surface area contributed by atoms with Crippen LogP contribution in [-0.4, -0.2) is 22.4 Å². The third kappa shape index (κ3) is 4.39. The first kappa shape index (κ1) is 20.2. The first-order valence-corrected chi connectivity index (χ1v) is 11.7. The van der Waals surface area contributed by atoms with Crippen molar-refractivity contribution in [3.63, 3.8) is 0 Å². The van der Waals surface area contributed by atoms with Gasteiger partial charge in [0.1, 0.15) is 0 Å². The second-order valence-corrected chi connectivity index (χ2v) is 9.82. The minimum absolute atomic E-state index is 0.204. The molecule has 4 aliphatic rings. The van der Waals surface area contributed by atoms with Crippen LogP contribution in [0.2, 0.25) is 0 Å². The smallest absolute Gasteiger partial charge is 0.0787 e. The summed E-state index contributed by atoms with van der Waals surface area (Å²) in [5.74, 6) is 1.28. The van der Waals surface area contributed by atoms with Gasteiger partial charge in [-0.3, -0.25) is 0 Å². The van der Waals surface area contributed by atoms with E-state index < -0.39 is 0 Å². The Morgan fingerprint density at radius 3 is 2.68 bits per heavy atom. The molecule has 4 rings (SSSR count). The maximum Gasteiger partial charge on any atom is 0.0787 e. The molecular weight excluding hydrogens is 344 g/mol. The van der Waals surface area contributed by atoms with E-state index in [0.717, 1.165) is 37.2 Å². The Morgan fingerprint density at radius 1 is 1.04 bits per heavy atom. The summed E-state index contributed by atoms with van der Waals surface area (Å²) in [4.78, 5) is 0. The maximum atomic E-state index is 10.1. The van der Waals surface area contributed by atoms with Gasteiger partial charge in [-0.2, -0.15) is 0 Å². The lowest BCUT2D eigenvalue weighted by molar-refractivity contribution is 0.159. The fourth-order valence-electron chi connectivity index (χ4n) is 6.09. The zero-order chi connectivity index (χ0) is 19.6. The van der Waals surface area contributed by atoms with Gasteiger partial charge in [0.2, 0.25) is 0 Å². The molecule has 2 nitrogen and oxygen atoms in total. The highest BCUT2D eigenvalue weighted by atomic mass is 16.3. The lowest BCUT2D eigenvalue weighted by Gasteiger charge is -2.41. The minimum atomic E-state index is -0.340. The van der Waals surface area contributed by atoms with Gasteiger partial charge in [0.25, 0.3) is 0 Å². The predicted octanol–water partition coefficient (Wildman–Crippen LogP) is 6.02. The fourth-order valence-corrected chi connectivity index (χ4v) is 6.09. The molecule has 4 atom stereocenters. The van der Waals surface area contributed by atoms with Crippen LogP contribution in [-0.2, 0) is 0 Å². The van der Waals surface area contributed by atoms with Crippen molar-refractivity contribution in [3.05, 3.63) is 47.6 Å². The maximum absolute atomic E-state index is 10.1. The van der Waals surface area contributed by atoms with Crippen LogP contribution in [0.5, 0.6) is 0 Å². The number of aliphatic hydroxyl groups excluding tert-OH is 2. The summed E-state index contributed by atoms with van der Waals surface area (Å²) in [6, 6.07) is 0. The van der Waals surface area contributed by atoms with E-state index in [1.807, 2.05) is 0 Å². The van der Waals surface area contributed by atoms with E-state index in [1.54, 1.807) is 5.57 Å². The molecular formula is C26H38O2. The van der Waals surface area contributed by atoms with Crippen molar-refractivity contribution in [2.24, 2.45) is 17.3 Å². The molecule has 0 aromatic rings. The van der Waals surface area contributed by atoms with E-state index in [2.05, 4.69) is 30.9 Å². The SMILES string of the molecule is C=C1/C(=C\C=C2/CCCC3(CC/C=C/C(O)C4CC4)CCCC23)CCCC1O. The molecule has 0 spiro atoms. The highest BCUT2D eigenvalue weighted by molar-refractivity contribution is 5.37. The third-order valence-corrected chi connectivity index (χ3v) is 7.98. The summed E-state index contributed by atoms with van der Waals surface area (Å²) in [5.41, 5.74) is 4.33. The van der Waals surface area contributed by atoms with E-state index >= 15 is 0 Å². The molecule has 0 heterocycles. The van der Waals surface area contributed by atoms with E-state index in [1.165, 1.54) is 63.4 Å². The standard InChI is InChI=1S/C26H38O2/c1-19-20(7-4-11-24(19)27)12-13-21-8-5-17-26(18-6-9-23(21)26)16-3-2-10-25(28)22-14-15-22/h2,10,12-13,22-25,27-28H,1,3-9,11,14-18H2/b10-2+,20-12-,21-13+. The van der Waals surface area contributed by atoms with Crippen LogP contribution in [0.4, 0.5) is 0 Å². The van der Waals surface area contributed by atoms with Gasteiger partial charge >= 0.3 is 0 Å². The third-order valence-electron chi connectivity index (χ3n) is 7.98. The van der Waals surface area contributed by atoms with Crippen LogP contribution in [0.3, 0.4) is 0 Å². The molecule has 0 aliphatic heterocycles. The molecule has 0 bridgehead atoms. The Bertz CT molecular complexity index is 666. The van der Waals surface area contributed by atoms with E-state index in [0.29, 0.717) is 11.3 Å². The number of aliphatic hydroxyl groups is 2. The predicted molar refractivity (Wildman–Crippen MR) is 116 cm³/mol. The monoisotopic (exact) mass is 382 g/mol. The van der Waals surface area contributed by atoms with Gasteiger partial charge in [-0.25, -0.2) is 0 Å². The molecule has 4 fully saturated rings. The van der Waals surface area contributed by atoms with Crippen LogP contribution in [0.1, 0.15) is 83.5 Å². The largest absolute Gasteiger partial charge is 0.389 e. The van der Waals surface area contributed by atoms with Crippen LogP contribution >= 0.6 is 0 Å². The summed E-state index contributed by atoms with van der Waals surface area (Å²) < 4.78 is 0. The second-order valence-electron chi connectivity index (χ2n) is 9.82. The lowest BCUT2D eigenvalue weighted by Crippen LogP contribution is -2.30. The number of fused-ring (bicyclic) bond motifs is 1. The first-order valence-electron chi connectivity index (χ1n) is 11.7. The van der Waals surface area contributed by atoms with Crippen molar-refractivity contribution in [1.29, 1.82) is 0 Å². The molecule has 4 aliphatic carbocycles. The normalized spacial score (nSPS) is 37.7. The fraction of sp³-hybridized carbons (Fsp3) is 0.692. The van der Waals surface area contributed by atoms with Gasteiger partial charge in [0.15, 0.2) is 0 Å². The van der Waals surface area contributed by atoms with Gasteiger partial charge in [0, 0.05) is 0 Å². The Morgan fingerprint density at radius 2 is 1.86 bits per heavy atom. The van der Waals surface area contributed by atoms with Crippen molar-refractivity contribution in [2.75, 3.05) is 0 Å². The molecule has 4 saturated carbocycles. The van der Waals surface area contributed by atoms with E-state index in [4.69, 9.17) is 0 Å². The van der Waals surface area contributed by atoms with Gasteiger partial charge in [0.05, 0.1) is 12.2 Å². The number of rotatable bonds is 6. The van der Waals surface area contributed by atoms with Crippen molar-refractivity contribution >= 4 is 0 Å². The van der Waals surface area contributed by atoms with Gasteiger partial charge in [-0.1, -0.05) is 42.9 Å². The van der Waals surface area contributed by atoms with Gasteiger partial charge in [-0.05, 0) is 105 Å². The zero-order valence-corrected chi connectivity index (χ0v) is 17.4. The van der Waals surface area contributed by atoms with Crippen molar-refractivity contribution in [2.45, 2.75) is 95.7 Å². The number of hydrogen-bond donors (Lipinski definition) is 2. The molecule has 0 aromatic carbocycles. The quantitative estimate of drug-likeness (QED) is 0.552. The lowest BCUT2D eigenvalue weighted by atomic mass is 9.63. The number of hydrogen-bond acceptors (Lipinski definition) is 2. The Labute approximate surface area is 171 Å². The first-order chi connectivity index (χ1) is 13.6. The Hall–Kier alpha value is -1.12. The van der Waals surface area contributed by atoms with Crippen molar-refractivity contribution in [3.8, 4) is 0 Å². The summed E-state index contributed by atoms with van der Waals surface area (Å²) in [7, 11) is 0. The molecule has 2 N–H and O–H groups in total. The molecule has 0 aromatic heterocycles. The van der Waals surface area contributed by atoms with Crippen LogP contribution in [0.15, 0.2) is 47.6 Å². The van der Waals surface area contributed by atoms with Crippen LogP contribution in [0.25, 0.3) is 0 Å². The highest BCUT2D eigenvalue weighted by Gasteiger charge is 2.45. The van der Waals surface area contributed by atoms with E-state index in [9.17, 15) is 10.2 Å². The van der Waals surface area contributed by atoms with Crippen LogP contribution < -0.4 is 0 Å². The van der Waals surface area contributed by atoms with E-state index in [-0.39, 0.29) is 12.2 Å². The molecule has 154 valence electrons. The molecule has 0 amide bonds. The molecule has 4 unspecified atom stereocenters. The number of allylic oxidation sites excluding steroid dienone is 4.